The lowest BCUT2D eigenvalue weighted by Gasteiger charge is -2.21. The Hall–Kier alpha value is -2.99. The number of aromatic nitrogens is 1. The first-order valence-electron chi connectivity index (χ1n) is 8.39. The number of aliphatic hydroxyl groups excluding tert-OH is 1. The molecular weight excluding hydrogens is 334 g/mol. The van der Waals surface area contributed by atoms with Crippen LogP contribution in [0.1, 0.15) is 11.7 Å². The summed E-state index contributed by atoms with van der Waals surface area (Å²) in [5.41, 5.74) is 2.82. The first kappa shape index (κ1) is 15.3. The van der Waals surface area contributed by atoms with Gasteiger partial charge in [-0.2, -0.15) is 4.57 Å². The smallest absolute Gasteiger partial charge is 0.231 e. The fourth-order valence-corrected chi connectivity index (χ4v) is 3.80. The Labute approximate surface area is 150 Å². The summed E-state index contributed by atoms with van der Waals surface area (Å²) >= 11 is 0. The van der Waals surface area contributed by atoms with Crippen LogP contribution < -0.4 is 23.5 Å². The van der Waals surface area contributed by atoms with Gasteiger partial charge in [-0.05, 0) is 29.7 Å². The van der Waals surface area contributed by atoms with Gasteiger partial charge in [-0.3, -0.25) is 0 Å². The summed E-state index contributed by atoms with van der Waals surface area (Å²) in [6.07, 6.45) is 1.38. The number of benzene rings is 2. The molecule has 5 rings (SSSR count). The van der Waals surface area contributed by atoms with Gasteiger partial charge in [-0.25, -0.2) is 0 Å². The van der Waals surface area contributed by atoms with Crippen LogP contribution in [0.3, 0.4) is 0 Å². The number of hydrogen-bond donors (Lipinski definition) is 1. The summed E-state index contributed by atoms with van der Waals surface area (Å²) in [6.45, 7) is 0.668. The van der Waals surface area contributed by atoms with E-state index < -0.39 is 6.10 Å². The maximum Gasteiger partial charge on any atom is 0.231 e. The molecule has 2 aromatic carbocycles. The van der Waals surface area contributed by atoms with Crippen LogP contribution in [0.2, 0.25) is 0 Å². The lowest BCUT2D eigenvalue weighted by Crippen LogP contribution is -2.42. The Morgan fingerprint density at radius 1 is 1.08 bits per heavy atom. The van der Waals surface area contributed by atoms with Crippen LogP contribution in [0.25, 0.3) is 22.0 Å². The highest BCUT2D eigenvalue weighted by Crippen LogP contribution is 2.43. The van der Waals surface area contributed by atoms with E-state index in [-0.39, 0.29) is 6.79 Å². The molecule has 1 aromatic heterocycles. The standard InChI is InChI=1S/C20H18NO5/c1-23-17-4-3-11-5-15-12-6-18-19(26-10-25-18)7-13(12)16(22)9-21(15)8-14(11)20(17)24-2/h3-8,16,22H,9-10H2,1-2H3/q+1. The van der Waals surface area contributed by atoms with Gasteiger partial charge in [0.2, 0.25) is 12.5 Å². The monoisotopic (exact) mass is 352 g/mol. The third-order valence-electron chi connectivity index (χ3n) is 5.05. The molecule has 26 heavy (non-hydrogen) atoms. The zero-order valence-electron chi connectivity index (χ0n) is 14.5. The maximum atomic E-state index is 10.7. The molecule has 0 radical (unpaired) electrons. The van der Waals surface area contributed by atoms with Gasteiger partial charge >= 0.3 is 0 Å². The molecule has 0 fully saturated rings. The van der Waals surface area contributed by atoms with Crippen LogP contribution in [-0.2, 0) is 6.54 Å². The van der Waals surface area contributed by atoms with Crippen molar-refractivity contribution in [2.24, 2.45) is 0 Å². The van der Waals surface area contributed by atoms with E-state index in [1.165, 1.54) is 0 Å². The van der Waals surface area contributed by atoms with E-state index in [1.54, 1.807) is 14.2 Å². The topological polar surface area (TPSA) is 61.0 Å². The second kappa shape index (κ2) is 5.51. The van der Waals surface area contributed by atoms with E-state index in [1.807, 2.05) is 35.0 Å². The van der Waals surface area contributed by atoms with E-state index in [4.69, 9.17) is 18.9 Å². The summed E-state index contributed by atoms with van der Waals surface area (Å²) in [5, 5.41) is 12.6. The van der Waals surface area contributed by atoms with Crippen LogP contribution in [0.4, 0.5) is 0 Å². The minimum atomic E-state index is -0.619. The third-order valence-corrected chi connectivity index (χ3v) is 5.05. The normalized spacial score (nSPS) is 17.0. The van der Waals surface area contributed by atoms with Crippen molar-refractivity contribution in [3.63, 3.8) is 0 Å². The first-order valence-corrected chi connectivity index (χ1v) is 8.39. The fourth-order valence-electron chi connectivity index (χ4n) is 3.80. The third kappa shape index (κ3) is 2.05. The average molecular weight is 352 g/mol. The van der Waals surface area contributed by atoms with E-state index in [0.29, 0.717) is 29.5 Å². The lowest BCUT2D eigenvalue weighted by molar-refractivity contribution is -0.695. The van der Waals surface area contributed by atoms with Crippen LogP contribution in [0.5, 0.6) is 23.0 Å². The molecule has 1 N–H and O–H groups in total. The van der Waals surface area contributed by atoms with E-state index in [0.717, 1.165) is 27.6 Å². The summed E-state index contributed by atoms with van der Waals surface area (Å²) in [7, 11) is 3.25. The molecule has 1 atom stereocenters. The number of aliphatic hydroxyl groups is 1. The lowest BCUT2D eigenvalue weighted by atomic mass is 9.93. The summed E-state index contributed by atoms with van der Waals surface area (Å²) in [5.74, 6) is 2.76. The van der Waals surface area contributed by atoms with Gasteiger partial charge in [0, 0.05) is 11.6 Å². The Kier molecular flexibility index (Phi) is 3.24. The Bertz CT molecular complexity index is 1050. The van der Waals surface area contributed by atoms with Gasteiger partial charge in [0.25, 0.3) is 0 Å². The molecule has 0 aliphatic carbocycles. The number of fused-ring (bicyclic) bond motifs is 5. The van der Waals surface area contributed by atoms with Crippen LogP contribution in [0.15, 0.2) is 36.5 Å². The highest BCUT2D eigenvalue weighted by molar-refractivity contribution is 5.91. The Morgan fingerprint density at radius 3 is 2.65 bits per heavy atom. The predicted molar refractivity (Wildman–Crippen MR) is 93.8 cm³/mol. The van der Waals surface area contributed by atoms with Crippen molar-refractivity contribution in [2.75, 3.05) is 21.0 Å². The SMILES string of the molecule is COc1ccc2cc3[n+](cc2c1OC)CC(O)c1cc2c(cc1-3)OCO2. The van der Waals surface area contributed by atoms with Crippen molar-refractivity contribution in [1.82, 2.24) is 0 Å². The number of methoxy groups -OCH3 is 2. The summed E-state index contributed by atoms with van der Waals surface area (Å²) < 4.78 is 24.0. The molecule has 132 valence electrons. The minimum Gasteiger partial charge on any atom is -0.493 e. The Morgan fingerprint density at radius 2 is 1.88 bits per heavy atom. The van der Waals surface area contributed by atoms with Gasteiger partial charge in [-0.15, -0.1) is 0 Å². The molecule has 2 aliphatic heterocycles. The predicted octanol–water partition coefficient (Wildman–Crippen LogP) is 2.59. The van der Waals surface area contributed by atoms with Crippen molar-refractivity contribution in [1.29, 1.82) is 0 Å². The summed E-state index contributed by atoms with van der Waals surface area (Å²) in [6, 6.07) is 9.83. The fraction of sp³-hybridized carbons (Fsp3) is 0.250. The number of nitrogens with zero attached hydrogens (tertiary/aromatic N) is 1. The second-order valence-corrected chi connectivity index (χ2v) is 6.42. The zero-order chi connectivity index (χ0) is 17.8. The molecule has 1 unspecified atom stereocenters. The van der Waals surface area contributed by atoms with Crippen LogP contribution in [-0.4, -0.2) is 26.1 Å². The molecule has 0 saturated heterocycles. The van der Waals surface area contributed by atoms with Crippen molar-refractivity contribution in [3.05, 3.63) is 42.1 Å². The first-order chi connectivity index (χ1) is 12.7. The van der Waals surface area contributed by atoms with E-state index in [9.17, 15) is 5.11 Å². The average Bonchev–Trinajstić information content (AvgIpc) is 3.12. The van der Waals surface area contributed by atoms with Crippen molar-refractivity contribution < 1.29 is 28.6 Å². The quantitative estimate of drug-likeness (QED) is 0.719. The van der Waals surface area contributed by atoms with Crippen LogP contribution >= 0.6 is 0 Å². The highest BCUT2D eigenvalue weighted by atomic mass is 16.7. The van der Waals surface area contributed by atoms with Crippen LogP contribution in [0, 0.1) is 0 Å². The molecule has 0 spiro atoms. The molecule has 3 aromatic rings. The molecule has 3 heterocycles. The van der Waals surface area contributed by atoms with E-state index >= 15 is 0 Å². The minimum absolute atomic E-state index is 0.211. The van der Waals surface area contributed by atoms with Crippen molar-refractivity contribution in [3.8, 4) is 34.3 Å². The molecule has 2 aliphatic rings. The molecule has 6 nitrogen and oxygen atoms in total. The van der Waals surface area contributed by atoms with Gasteiger partial charge < -0.3 is 24.1 Å². The number of rotatable bonds is 2. The molecule has 0 bridgehead atoms. The molecule has 0 amide bonds. The van der Waals surface area contributed by atoms with Gasteiger partial charge in [0.15, 0.2) is 35.7 Å². The maximum absolute atomic E-state index is 10.7. The largest absolute Gasteiger partial charge is 0.493 e. The molecular formula is C20H18NO5+. The van der Waals surface area contributed by atoms with E-state index in [2.05, 4.69) is 6.07 Å². The number of hydrogen-bond acceptors (Lipinski definition) is 5. The number of ether oxygens (including phenoxy) is 4. The Balaban J connectivity index is 1.78. The molecule has 6 heteroatoms. The second-order valence-electron chi connectivity index (χ2n) is 6.42. The number of pyridine rings is 1. The van der Waals surface area contributed by atoms with Crippen molar-refractivity contribution >= 4 is 10.8 Å². The zero-order valence-corrected chi connectivity index (χ0v) is 14.5. The highest BCUT2D eigenvalue weighted by Gasteiger charge is 2.33. The van der Waals surface area contributed by atoms with Gasteiger partial charge in [0.05, 0.1) is 25.2 Å². The van der Waals surface area contributed by atoms with Crippen molar-refractivity contribution in [2.45, 2.75) is 12.6 Å². The van der Waals surface area contributed by atoms with Gasteiger partial charge in [-0.1, -0.05) is 0 Å². The molecule has 0 saturated carbocycles. The summed E-state index contributed by atoms with van der Waals surface area (Å²) in [4.78, 5) is 0. The van der Waals surface area contributed by atoms with Gasteiger partial charge in [0.1, 0.15) is 6.10 Å².